The Balaban J connectivity index is 2.39. The molecule has 0 aliphatic rings. The minimum atomic E-state index is -0.284. The van der Waals surface area contributed by atoms with Crippen molar-refractivity contribution in [2.24, 2.45) is 0 Å². The predicted octanol–water partition coefficient (Wildman–Crippen LogP) is 4.45. The Morgan fingerprint density at radius 1 is 1.50 bits per heavy atom. The molecular formula is C14H13BrN2O2S. The number of carbonyl (C=O) groups is 1. The van der Waals surface area contributed by atoms with Crippen LogP contribution in [0.2, 0.25) is 0 Å². The minimum Gasteiger partial charge on any atom is -0.465 e. The molecule has 1 N–H and O–H groups in total. The van der Waals surface area contributed by atoms with Gasteiger partial charge in [0.1, 0.15) is 10.4 Å². The fourth-order valence-corrected chi connectivity index (χ4v) is 4.05. The second-order valence-corrected chi connectivity index (χ2v) is 6.81. The third-order valence-corrected chi connectivity index (χ3v) is 4.85. The molecule has 0 unspecified atom stereocenters. The van der Waals surface area contributed by atoms with Crippen molar-refractivity contribution >= 4 is 54.5 Å². The highest BCUT2D eigenvalue weighted by Crippen LogP contribution is 2.40. The minimum absolute atomic E-state index is 0.231. The highest BCUT2D eigenvalue weighted by molar-refractivity contribution is 9.10. The summed E-state index contributed by atoms with van der Waals surface area (Å²) in [5.41, 5.74) is 3.86. The normalized spacial score (nSPS) is 11.7. The standard InChI is InChI=1S/C14H13BrN2O2S/c1-6(2)9-11-13(20-12(9)14(18)19-3)10-8(17-11)4-7(15)5-16-10/h4-6,17H,1-3H3. The number of nitrogens with one attached hydrogen (secondary N) is 1. The Hall–Kier alpha value is -1.40. The number of thiophene rings is 1. The Kier molecular flexibility index (Phi) is 3.30. The fraction of sp³-hybridized carbons (Fsp3) is 0.286. The number of rotatable bonds is 2. The first-order valence-electron chi connectivity index (χ1n) is 6.20. The van der Waals surface area contributed by atoms with Gasteiger partial charge in [0.25, 0.3) is 0 Å². The lowest BCUT2D eigenvalue weighted by Crippen LogP contribution is -2.03. The van der Waals surface area contributed by atoms with E-state index in [1.54, 1.807) is 6.20 Å². The van der Waals surface area contributed by atoms with Crippen molar-refractivity contribution in [2.75, 3.05) is 7.11 Å². The molecule has 0 bridgehead atoms. The molecule has 0 aromatic carbocycles. The summed E-state index contributed by atoms with van der Waals surface area (Å²) in [6.07, 6.45) is 1.77. The van der Waals surface area contributed by atoms with E-state index in [1.165, 1.54) is 18.4 Å². The molecule has 0 aliphatic heterocycles. The molecule has 0 saturated carbocycles. The molecule has 0 amide bonds. The lowest BCUT2D eigenvalue weighted by Gasteiger charge is -2.05. The Labute approximate surface area is 128 Å². The van der Waals surface area contributed by atoms with Crippen molar-refractivity contribution in [3.05, 3.63) is 27.2 Å². The lowest BCUT2D eigenvalue weighted by atomic mass is 10.0. The van der Waals surface area contributed by atoms with Crippen LogP contribution in [0.5, 0.6) is 0 Å². The number of aromatic amines is 1. The number of esters is 1. The molecule has 0 saturated heterocycles. The van der Waals surface area contributed by atoms with Crippen molar-refractivity contribution in [3.63, 3.8) is 0 Å². The van der Waals surface area contributed by atoms with Gasteiger partial charge in [0.2, 0.25) is 0 Å². The summed E-state index contributed by atoms with van der Waals surface area (Å²) in [5, 5.41) is 0. The molecular weight excluding hydrogens is 340 g/mol. The Bertz CT molecular complexity index is 819. The summed E-state index contributed by atoms with van der Waals surface area (Å²) in [4.78, 5) is 20.4. The van der Waals surface area contributed by atoms with Crippen LogP contribution in [-0.4, -0.2) is 23.0 Å². The number of H-pyrrole nitrogens is 1. The van der Waals surface area contributed by atoms with E-state index in [0.29, 0.717) is 4.88 Å². The Morgan fingerprint density at radius 2 is 2.25 bits per heavy atom. The molecule has 0 atom stereocenters. The number of pyridine rings is 1. The van der Waals surface area contributed by atoms with E-state index >= 15 is 0 Å². The summed E-state index contributed by atoms with van der Waals surface area (Å²) in [5.74, 6) is -0.0529. The number of methoxy groups -OCH3 is 1. The number of ether oxygens (including phenoxy) is 1. The monoisotopic (exact) mass is 352 g/mol. The molecule has 0 fully saturated rings. The first kappa shape index (κ1) is 13.6. The van der Waals surface area contributed by atoms with Crippen LogP contribution < -0.4 is 0 Å². The van der Waals surface area contributed by atoms with Gasteiger partial charge in [0, 0.05) is 16.2 Å². The van der Waals surface area contributed by atoms with Crippen molar-refractivity contribution in [2.45, 2.75) is 19.8 Å². The number of hydrogen-bond donors (Lipinski definition) is 1. The molecule has 3 rings (SSSR count). The average Bonchev–Trinajstić information content (AvgIpc) is 2.92. The molecule has 4 nitrogen and oxygen atoms in total. The smallest absolute Gasteiger partial charge is 0.348 e. The Morgan fingerprint density at radius 3 is 2.90 bits per heavy atom. The van der Waals surface area contributed by atoms with Crippen LogP contribution in [0.1, 0.15) is 35.0 Å². The molecule has 20 heavy (non-hydrogen) atoms. The first-order chi connectivity index (χ1) is 9.52. The van der Waals surface area contributed by atoms with E-state index in [2.05, 4.69) is 39.7 Å². The van der Waals surface area contributed by atoms with Gasteiger partial charge in [0.15, 0.2) is 0 Å². The zero-order chi connectivity index (χ0) is 14.4. The average molecular weight is 353 g/mol. The van der Waals surface area contributed by atoms with E-state index < -0.39 is 0 Å². The maximum Gasteiger partial charge on any atom is 0.348 e. The van der Waals surface area contributed by atoms with E-state index in [4.69, 9.17) is 4.74 Å². The second kappa shape index (κ2) is 4.86. The highest BCUT2D eigenvalue weighted by atomic mass is 79.9. The summed E-state index contributed by atoms with van der Waals surface area (Å²) < 4.78 is 6.83. The van der Waals surface area contributed by atoms with Gasteiger partial charge in [-0.1, -0.05) is 13.8 Å². The molecule has 3 heterocycles. The molecule has 3 aromatic rings. The number of halogens is 1. The topological polar surface area (TPSA) is 55.0 Å². The van der Waals surface area contributed by atoms with Gasteiger partial charge in [-0.2, -0.15) is 0 Å². The fourth-order valence-electron chi connectivity index (χ4n) is 2.38. The second-order valence-electron chi connectivity index (χ2n) is 4.87. The molecule has 0 aliphatic carbocycles. The van der Waals surface area contributed by atoms with Crippen molar-refractivity contribution in [1.29, 1.82) is 0 Å². The number of carbonyl (C=O) groups excluding carboxylic acids is 1. The van der Waals surface area contributed by atoms with Crippen LogP contribution in [0.4, 0.5) is 0 Å². The summed E-state index contributed by atoms with van der Waals surface area (Å²) in [7, 11) is 1.41. The maximum absolute atomic E-state index is 11.9. The molecule has 0 radical (unpaired) electrons. The number of hydrogen-bond acceptors (Lipinski definition) is 4. The van der Waals surface area contributed by atoms with Gasteiger partial charge in [-0.15, -0.1) is 11.3 Å². The van der Waals surface area contributed by atoms with Gasteiger partial charge in [-0.05, 0) is 27.9 Å². The van der Waals surface area contributed by atoms with Crippen LogP contribution in [0, 0.1) is 0 Å². The van der Waals surface area contributed by atoms with Crippen molar-refractivity contribution in [1.82, 2.24) is 9.97 Å². The largest absolute Gasteiger partial charge is 0.465 e. The molecule has 3 aromatic heterocycles. The molecule has 0 spiro atoms. The number of nitrogens with zero attached hydrogens (tertiary/aromatic N) is 1. The van der Waals surface area contributed by atoms with E-state index in [-0.39, 0.29) is 11.9 Å². The highest BCUT2D eigenvalue weighted by Gasteiger charge is 2.24. The predicted molar refractivity (Wildman–Crippen MR) is 84.6 cm³/mol. The zero-order valence-electron chi connectivity index (χ0n) is 11.3. The first-order valence-corrected chi connectivity index (χ1v) is 7.81. The van der Waals surface area contributed by atoms with Crippen LogP contribution in [0.25, 0.3) is 21.3 Å². The van der Waals surface area contributed by atoms with Crippen LogP contribution in [-0.2, 0) is 4.74 Å². The van der Waals surface area contributed by atoms with Gasteiger partial charge in [-0.3, -0.25) is 4.98 Å². The lowest BCUT2D eigenvalue weighted by molar-refractivity contribution is 0.0605. The van der Waals surface area contributed by atoms with Crippen LogP contribution in [0.15, 0.2) is 16.7 Å². The SMILES string of the molecule is COC(=O)c1sc2c([nH]c3cc(Br)cnc32)c1C(C)C. The van der Waals surface area contributed by atoms with Crippen LogP contribution >= 0.6 is 27.3 Å². The summed E-state index contributed by atoms with van der Waals surface area (Å²) >= 11 is 4.86. The number of fused-ring (bicyclic) bond motifs is 3. The quantitative estimate of drug-likeness (QED) is 0.693. The molecule has 6 heteroatoms. The summed E-state index contributed by atoms with van der Waals surface area (Å²) in [6, 6.07) is 2.00. The van der Waals surface area contributed by atoms with Crippen molar-refractivity contribution < 1.29 is 9.53 Å². The zero-order valence-corrected chi connectivity index (χ0v) is 13.7. The van der Waals surface area contributed by atoms with Gasteiger partial charge < -0.3 is 9.72 Å². The maximum atomic E-state index is 11.9. The van der Waals surface area contributed by atoms with Crippen molar-refractivity contribution in [3.8, 4) is 0 Å². The van der Waals surface area contributed by atoms with Gasteiger partial charge in [-0.25, -0.2) is 4.79 Å². The molecule has 104 valence electrons. The van der Waals surface area contributed by atoms with E-state index in [9.17, 15) is 4.79 Å². The van der Waals surface area contributed by atoms with E-state index in [0.717, 1.165) is 31.3 Å². The van der Waals surface area contributed by atoms with Gasteiger partial charge in [0.05, 0.1) is 22.8 Å². The number of aromatic nitrogens is 2. The third-order valence-electron chi connectivity index (χ3n) is 3.22. The van der Waals surface area contributed by atoms with Crippen LogP contribution in [0.3, 0.4) is 0 Å². The van der Waals surface area contributed by atoms with E-state index in [1.807, 2.05) is 6.07 Å². The third kappa shape index (κ3) is 1.94. The summed E-state index contributed by atoms with van der Waals surface area (Å²) in [6.45, 7) is 4.14. The van der Waals surface area contributed by atoms with Gasteiger partial charge >= 0.3 is 5.97 Å².